The van der Waals surface area contributed by atoms with Crippen LogP contribution in [0.15, 0.2) is 122 Å². The standard InChI is InChI=1S/C49H48O17/c1-3-42(50)58-27-6-5-26-56-36-17-9-32(10-18-36)45(52)63-38-23-15-35(16-24-38)48-61-31-41-44(66-48)40(25-30-57-41)65-47(54)34-11-19-37(20-12-34)62-46(53)33-13-21-39(22-14-33)64-49(55)60-29-8-7-28-59-43(51)4-2/h3-4,9-24,40-41,44,48H,1-2,5-8,25-31H2. The highest BCUT2D eigenvalue weighted by Gasteiger charge is 2.43. The van der Waals surface area contributed by atoms with Crippen LogP contribution in [0.25, 0.3) is 0 Å². The fourth-order valence-corrected chi connectivity index (χ4v) is 6.40. The summed E-state index contributed by atoms with van der Waals surface area (Å²) in [5.74, 6) is -1.62. The molecule has 0 radical (unpaired) electrons. The summed E-state index contributed by atoms with van der Waals surface area (Å²) in [6.45, 7) is 8.11. The molecule has 2 aliphatic heterocycles. The van der Waals surface area contributed by atoms with E-state index in [2.05, 4.69) is 13.2 Å². The molecule has 2 aliphatic rings. The van der Waals surface area contributed by atoms with Gasteiger partial charge in [-0.15, -0.1) is 0 Å². The Morgan fingerprint density at radius 3 is 1.56 bits per heavy atom. The fraction of sp³-hybridized carbons (Fsp3) is 0.306. The Hall–Kier alpha value is -7.34. The summed E-state index contributed by atoms with van der Waals surface area (Å²) in [5, 5.41) is 0. The van der Waals surface area contributed by atoms with E-state index in [1.54, 1.807) is 48.5 Å². The first-order chi connectivity index (χ1) is 32.1. The molecule has 66 heavy (non-hydrogen) atoms. The molecule has 0 N–H and O–H groups in total. The molecule has 0 amide bonds. The predicted molar refractivity (Wildman–Crippen MR) is 231 cm³/mol. The zero-order valence-corrected chi connectivity index (χ0v) is 35.8. The Bertz CT molecular complexity index is 2290. The lowest BCUT2D eigenvalue weighted by Gasteiger charge is -2.42. The van der Waals surface area contributed by atoms with Gasteiger partial charge in [-0.2, -0.15) is 0 Å². The van der Waals surface area contributed by atoms with Gasteiger partial charge in [0.25, 0.3) is 0 Å². The topological polar surface area (TPSA) is 204 Å². The van der Waals surface area contributed by atoms with Gasteiger partial charge in [-0.05, 0) is 111 Å². The van der Waals surface area contributed by atoms with E-state index in [1.807, 2.05) is 0 Å². The average Bonchev–Trinajstić information content (AvgIpc) is 3.34. The minimum absolute atomic E-state index is 0.0621. The molecule has 17 nitrogen and oxygen atoms in total. The van der Waals surface area contributed by atoms with Crippen molar-refractivity contribution in [2.45, 2.75) is 56.7 Å². The van der Waals surface area contributed by atoms with E-state index in [9.17, 15) is 28.8 Å². The number of benzene rings is 4. The molecule has 4 unspecified atom stereocenters. The van der Waals surface area contributed by atoms with Crippen molar-refractivity contribution in [3.05, 3.63) is 145 Å². The van der Waals surface area contributed by atoms with E-state index in [4.69, 9.17) is 52.1 Å². The molecule has 0 bridgehead atoms. The van der Waals surface area contributed by atoms with Gasteiger partial charge in [0.15, 0.2) is 6.29 Å². The Morgan fingerprint density at radius 2 is 1.02 bits per heavy atom. The quantitative estimate of drug-likeness (QED) is 0.0199. The van der Waals surface area contributed by atoms with Crippen LogP contribution in [0.3, 0.4) is 0 Å². The summed E-state index contributed by atoms with van der Waals surface area (Å²) in [5.41, 5.74) is 1.38. The number of hydrogen-bond donors (Lipinski definition) is 0. The first-order valence-corrected chi connectivity index (χ1v) is 21.1. The number of esters is 5. The third-order valence-electron chi connectivity index (χ3n) is 9.85. The molecule has 0 aromatic heterocycles. The van der Waals surface area contributed by atoms with Crippen molar-refractivity contribution < 1.29 is 80.9 Å². The maximum absolute atomic E-state index is 13.3. The summed E-state index contributed by atoms with van der Waals surface area (Å²) in [4.78, 5) is 73.1. The number of unbranched alkanes of at least 4 members (excludes halogenated alkanes) is 2. The smallest absolute Gasteiger partial charge is 0.494 e. The number of ether oxygens (including phenoxy) is 11. The van der Waals surface area contributed by atoms with Crippen LogP contribution >= 0.6 is 0 Å². The number of fused-ring (bicyclic) bond motifs is 1. The highest BCUT2D eigenvalue weighted by Crippen LogP contribution is 2.34. The zero-order chi connectivity index (χ0) is 46.7. The summed E-state index contributed by atoms with van der Waals surface area (Å²) < 4.78 is 60.7. The molecule has 4 aromatic rings. The lowest BCUT2D eigenvalue weighted by atomic mass is 10.0. The number of hydrogen-bond acceptors (Lipinski definition) is 17. The van der Waals surface area contributed by atoms with Gasteiger partial charge in [0.05, 0.1) is 56.3 Å². The van der Waals surface area contributed by atoms with Crippen LogP contribution in [-0.4, -0.2) is 94.0 Å². The molecule has 0 spiro atoms. The van der Waals surface area contributed by atoms with Crippen LogP contribution < -0.4 is 18.9 Å². The second kappa shape index (κ2) is 24.6. The molecule has 2 heterocycles. The lowest BCUT2D eigenvalue weighted by Crippen LogP contribution is -2.53. The fourth-order valence-electron chi connectivity index (χ4n) is 6.40. The van der Waals surface area contributed by atoms with Crippen molar-refractivity contribution in [3.8, 4) is 23.0 Å². The minimum Gasteiger partial charge on any atom is -0.494 e. The Balaban J connectivity index is 0.923. The number of carbonyl (C=O) groups excluding carboxylic acids is 6. The van der Waals surface area contributed by atoms with Crippen molar-refractivity contribution in [1.82, 2.24) is 0 Å². The highest BCUT2D eigenvalue weighted by atomic mass is 16.7. The van der Waals surface area contributed by atoms with Gasteiger partial charge in [-0.3, -0.25) is 0 Å². The predicted octanol–water partition coefficient (Wildman–Crippen LogP) is 7.47. The zero-order valence-electron chi connectivity index (χ0n) is 35.8. The van der Waals surface area contributed by atoms with Crippen molar-refractivity contribution in [2.75, 3.05) is 39.6 Å². The minimum atomic E-state index is -0.929. The van der Waals surface area contributed by atoms with Gasteiger partial charge in [0, 0.05) is 24.1 Å². The molecule has 6 rings (SSSR count). The van der Waals surface area contributed by atoms with Crippen LogP contribution in [0.2, 0.25) is 0 Å². The molecule has 346 valence electrons. The number of carbonyl (C=O) groups is 6. The third-order valence-corrected chi connectivity index (χ3v) is 9.85. The monoisotopic (exact) mass is 908 g/mol. The molecule has 0 saturated carbocycles. The van der Waals surface area contributed by atoms with E-state index < -0.39 is 60.6 Å². The molecule has 2 saturated heterocycles. The molecule has 2 fully saturated rings. The van der Waals surface area contributed by atoms with Crippen molar-refractivity contribution in [2.24, 2.45) is 0 Å². The Kier molecular flexibility index (Phi) is 18.0. The van der Waals surface area contributed by atoms with Crippen LogP contribution in [-0.2, 0) is 42.7 Å². The van der Waals surface area contributed by atoms with Crippen LogP contribution in [0.4, 0.5) is 4.79 Å². The molecule has 0 aliphatic carbocycles. The summed E-state index contributed by atoms with van der Waals surface area (Å²) in [6.07, 6.45) is 1.32. The SMILES string of the molecule is C=CC(=O)OCCCCOC(=O)Oc1ccc(C(=O)Oc2ccc(C(=O)OC3CCOC4COC(c5ccc(OC(=O)c6ccc(OCCCCOC(=O)C=C)cc6)cc5)OC43)cc2)cc1. The van der Waals surface area contributed by atoms with Crippen LogP contribution in [0, 0.1) is 0 Å². The summed E-state index contributed by atoms with van der Waals surface area (Å²) >= 11 is 0. The Morgan fingerprint density at radius 1 is 0.545 bits per heavy atom. The van der Waals surface area contributed by atoms with Gasteiger partial charge < -0.3 is 52.1 Å². The molecule has 4 atom stereocenters. The maximum Gasteiger partial charge on any atom is 0.513 e. The molecular formula is C49H48O17. The first-order valence-electron chi connectivity index (χ1n) is 21.1. The van der Waals surface area contributed by atoms with Crippen molar-refractivity contribution >= 4 is 36.0 Å². The maximum atomic E-state index is 13.3. The van der Waals surface area contributed by atoms with E-state index in [0.717, 1.165) is 12.2 Å². The molecule has 4 aromatic carbocycles. The number of rotatable bonds is 21. The van der Waals surface area contributed by atoms with Crippen molar-refractivity contribution in [3.63, 3.8) is 0 Å². The first kappa shape index (κ1) is 48.1. The van der Waals surface area contributed by atoms with E-state index in [0.29, 0.717) is 67.9 Å². The largest absolute Gasteiger partial charge is 0.513 e. The van der Waals surface area contributed by atoms with Crippen LogP contribution in [0.1, 0.15) is 75.0 Å². The molecular weight excluding hydrogens is 861 g/mol. The van der Waals surface area contributed by atoms with Gasteiger partial charge >= 0.3 is 36.0 Å². The highest BCUT2D eigenvalue weighted by molar-refractivity contribution is 5.92. The second-order valence-electron chi connectivity index (χ2n) is 14.5. The van der Waals surface area contributed by atoms with Gasteiger partial charge in [0.1, 0.15) is 41.3 Å². The lowest BCUT2D eigenvalue weighted by molar-refractivity contribution is -0.298. The average molecular weight is 909 g/mol. The third kappa shape index (κ3) is 14.6. The Labute approximate surface area is 380 Å². The summed E-state index contributed by atoms with van der Waals surface area (Å²) in [6, 6.07) is 24.8. The van der Waals surface area contributed by atoms with Gasteiger partial charge in [0.2, 0.25) is 0 Å². The van der Waals surface area contributed by atoms with Gasteiger partial charge in [-0.1, -0.05) is 25.3 Å². The van der Waals surface area contributed by atoms with E-state index in [1.165, 1.54) is 48.5 Å². The van der Waals surface area contributed by atoms with E-state index >= 15 is 0 Å². The van der Waals surface area contributed by atoms with Crippen molar-refractivity contribution in [1.29, 1.82) is 0 Å². The second-order valence-corrected chi connectivity index (χ2v) is 14.5. The summed E-state index contributed by atoms with van der Waals surface area (Å²) in [7, 11) is 0. The normalized spacial score (nSPS) is 17.4. The van der Waals surface area contributed by atoms with Gasteiger partial charge in [-0.25, -0.2) is 28.8 Å². The van der Waals surface area contributed by atoms with E-state index in [-0.39, 0.29) is 49.1 Å². The van der Waals surface area contributed by atoms with Crippen LogP contribution in [0.5, 0.6) is 23.0 Å². The molecule has 17 heteroatoms.